The van der Waals surface area contributed by atoms with Gasteiger partial charge in [0.2, 0.25) is 5.95 Å². The first kappa shape index (κ1) is 11.1. The molecule has 2 heterocycles. The van der Waals surface area contributed by atoms with Crippen LogP contribution in [-0.2, 0) is 19.5 Å². The molecule has 1 aliphatic heterocycles. The molecule has 0 unspecified atom stereocenters. The lowest BCUT2D eigenvalue weighted by molar-refractivity contribution is 0.662. The number of nitrogens with two attached hydrogens (primary N) is 1. The van der Waals surface area contributed by atoms with Crippen LogP contribution in [0.4, 0.5) is 11.6 Å². The van der Waals surface area contributed by atoms with Crippen LogP contribution in [0.3, 0.4) is 0 Å². The molecule has 0 saturated carbocycles. The summed E-state index contributed by atoms with van der Waals surface area (Å²) in [6, 6.07) is 6.20. The van der Waals surface area contributed by atoms with Gasteiger partial charge in [-0.1, -0.05) is 12.1 Å². The molecule has 2 aromatic rings. The lowest BCUT2D eigenvalue weighted by atomic mass is 9.98. The van der Waals surface area contributed by atoms with E-state index in [4.69, 9.17) is 5.73 Å². The third-order valence-corrected chi connectivity index (χ3v) is 3.63. The molecule has 94 valence electrons. The summed E-state index contributed by atoms with van der Waals surface area (Å²) in [5.41, 5.74) is 9.60. The van der Waals surface area contributed by atoms with E-state index in [1.807, 2.05) is 24.5 Å². The topological polar surface area (TPSA) is 47.1 Å². The third kappa shape index (κ3) is 1.74. The van der Waals surface area contributed by atoms with Gasteiger partial charge in [0.25, 0.3) is 0 Å². The summed E-state index contributed by atoms with van der Waals surface area (Å²) in [5, 5.41) is 0. The van der Waals surface area contributed by atoms with E-state index in [9.17, 15) is 0 Å². The van der Waals surface area contributed by atoms with E-state index in [-0.39, 0.29) is 0 Å². The fourth-order valence-corrected chi connectivity index (χ4v) is 2.61. The molecule has 3 rings (SSSR count). The molecule has 0 aliphatic carbocycles. The van der Waals surface area contributed by atoms with Crippen molar-refractivity contribution < 1.29 is 0 Å². The van der Waals surface area contributed by atoms with Crippen LogP contribution in [-0.4, -0.2) is 16.1 Å². The van der Waals surface area contributed by atoms with E-state index in [0.29, 0.717) is 0 Å². The zero-order valence-corrected chi connectivity index (χ0v) is 10.6. The van der Waals surface area contributed by atoms with E-state index in [1.165, 1.54) is 11.1 Å². The van der Waals surface area contributed by atoms with Crippen molar-refractivity contribution in [3.05, 3.63) is 41.7 Å². The Kier molecular flexibility index (Phi) is 2.70. The Morgan fingerprint density at radius 3 is 3.11 bits per heavy atom. The highest BCUT2D eigenvalue weighted by Crippen LogP contribution is 2.27. The second-order valence-electron chi connectivity index (χ2n) is 4.67. The van der Waals surface area contributed by atoms with Gasteiger partial charge < -0.3 is 15.2 Å². The quantitative estimate of drug-likeness (QED) is 0.820. The second-order valence-corrected chi connectivity index (χ2v) is 4.67. The van der Waals surface area contributed by atoms with Crippen molar-refractivity contribution in [2.45, 2.75) is 26.4 Å². The van der Waals surface area contributed by atoms with Crippen LogP contribution in [0.5, 0.6) is 0 Å². The van der Waals surface area contributed by atoms with Crippen LogP contribution in [0.25, 0.3) is 0 Å². The van der Waals surface area contributed by atoms with Gasteiger partial charge in [0.05, 0.1) is 0 Å². The summed E-state index contributed by atoms with van der Waals surface area (Å²) >= 11 is 0. The Balaban J connectivity index is 1.93. The number of anilines is 2. The van der Waals surface area contributed by atoms with E-state index in [1.54, 1.807) is 0 Å². The zero-order chi connectivity index (χ0) is 12.5. The summed E-state index contributed by atoms with van der Waals surface area (Å²) in [6.07, 6.45) is 4.93. The van der Waals surface area contributed by atoms with E-state index in [2.05, 4.69) is 27.4 Å². The van der Waals surface area contributed by atoms with Crippen molar-refractivity contribution in [2.24, 2.45) is 0 Å². The summed E-state index contributed by atoms with van der Waals surface area (Å²) in [6.45, 7) is 4.95. The molecule has 0 radical (unpaired) electrons. The normalized spacial score (nSPS) is 14.6. The minimum absolute atomic E-state index is 0.860. The Bertz CT molecular complexity index is 559. The van der Waals surface area contributed by atoms with Gasteiger partial charge in [-0.3, -0.25) is 0 Å². The number of hydrogen-bond donors (Lipinski definition) is 1. The molecule has 0 atom stereocenters. The van der Waals surface area contributed by atoms with E-state index < -0.39 is 0 Å². The maximum absolute atomic E-state index is 6.07. The fourth-order valence-electron chi connectivity index (χ4n) is 2.61. The predicted molar refractivity (Wildman–Crippen MR) is 73.5 cm³/mol. The summed E-state index contributed by atoms with van der Waals surface area (Å²) in [7, 11) is 0. The Labute approximate surface area is 107 Å². The molecule has 1 aliphatic rings. The van der Waals surface area contributed by atoms with Gasteiger partial charge in [-0.2, -0.15) is 0 Å². The summed E-state index contributed by atoms with van der Waals surface area (Å²) in [5.74, 6) is 1.05. The molecule has 0 fully saturated rings. The van der Waals surface area contributed by atoms with Gasteiger partial charge >= 0.3 is 0 Å². The van der Waals surface area contributed by atoms with Gasteiger partial charge in [-0.05, 0) is 30.5 Å². The molecule has 2 N–H and O–H groups in total. The van der Waals surface area contributed by atoms with Gasteiger partial charge in [0.15, 0.2) is 0 Å². The van der Waals surface area contributed by atoms with Gasteiger partial charge in [-0.15, -0.1) is 0 Å². The highest BCUT2D eigenvalue weighted by molar-refractivity contribution is 5.54. The molecule has 0 spiro atoms. The molecule has 0 amide bonds. The number of benzene rings is 1. The fraction of sp³-hybridized carbons (Fsp3) is 0.357. The standard InChI is InChI=1S/C14H18N4/c1-2-17-9-7-16-14(17)18-8-6-11-4-3-5-13(15)12(11)10-18/h3-5,7,9H,2,6,8,10,15H2,1H3. The van der Waals surface area contributed by atoms with E-state index >= 15 is 0 Å². The maximum atomic E-state index is 6.07. The van der Waals surface area contributed by atoms with Crippen molar-refractivity contribution in [1.29, 1.82) is 0 Å². The molecule has 4 heteroatoms. The summed E-state index contributed by atoms with van der Waals surface area (Å²) in [4.78, 5) is 6.77. The first-order chi connectivity index (χ1) is 8.79. The average Bonchev–Trinajstić information content (AvgIpc) is 2.87. The number of hydrogen-bond acceptors (Lipinski definition) is 3. The van der Waals surface area contributed by atoms with Gasteiger partial charge in [0, 0.05) is 37.7 Å². The minimum Gasteiger partial charge on any atom is -0.398 e. The Morgan fingerprint density at radius 2 is 2.28 bits per heavy atom. The number of aryl methyl sites for hydroxylation is 1. The highest BCUT2D eigenvalue weighted by Gasteiger charge is 2.20. The lowest BCUT2D eigenvalue weighted by Crippen LogP contribution is -2.33. The number of nitrogen functional groups attached to an aromatic ring is 1. The van der Waals surface area contributed by atoms with Crippen molar-refractivity contribution in [3.8, 4) is 0 Å². The number of aromatic nitrogens is 2. The van der Waals surface area contributed by atoms with Gasteiger partial charge in [-0.25, -0.2) is 4.98 Å². The molecular weight excluding hydrogens is 224 g/mol. The molecule has 1 aromatic heterocycles. The van der Waals surface area contributed by atoms with E-state index in [0.717, 1.165) is 37.7 Å². The SMILES string of the molecule is CCn1ccnc1N1CCc2cccc(N)c2C1. The summed E-state index contributed by atoms with van der Waals surface area (Å²) < 4.78 is 2.17. The average molecular weight is 242 g/mol. The first-order valence-electron chi connectivity index (χ1n) is 6.42. The minimum atomic E-state index is 0.860. The number of rotatable bonds is 2. The van der Waals surface area contributed by atoms with Crippen molar-refractivity contribution in [1.82, 2.24) is 9.55 Å². The molecule has 18 heavy (non-hydrogen) atoms. The zero-order valence-electron chi connectivity index (χ0n) is 10.6. The monoisotopic (exact) mass is 242 g/mol. The smallest absolute Gasteiger partial charge is 0.205 e. The Hall–Kier alpha value is -1.97. The predicted octanol–water partition coefficient (Wildman–Crippen LogP) is 2.05. The van der Waals surface area contributed by atoms with Crippen molar-refractivity contribution >= 4 is 11.6 Å². The highest BCUT2D eigenvalue weighted by atomic mass is 15.3. The van der Waals surface area contributed by atoms with Crippen LogP contribution in [0, 0.1) is 0 Å². The Morgan fingerprint density at radius 1 is 1.39 bits per heavy atom. The second kappa shape index (κ2) is 4.37. The molecule has 0 bridgehead atoms. The molecule has 0 saturated heterocycles. The van der Waals surface area contributed by atoms with Crippen LogP contribution >= 0.6 is 0 Å². The lowest BCUT2D eigenvalue weighted by Gasteiger charge is -2.30. The number of nitrogens with zero attached hydrogens (tertiary/aromatic N) is 3. The largest absolute Gasteiger partial charge is 0.398 e. The third-order valence-electron chi connectivity index (χ3n) is 3.63. The number of imidazole rings is 1. The van der Waals surface area contributed by atoms with Crippen molar-refractivity contribution in [3.63, 3.8) is 0 Å². The molecular formula is C14H18N4. The molecule has 4 nitrogen and oxygen atoms in total. The number of fused-ring (bicyclic) bond motifs is 1. The molecule has 1 aromatic carbocycles. The first-order valence-corrected chi connectivity index (χ1v) is 6.42. The van der Waals surface area contributed by atoms with Crippen LogP contribution in [0.15, 0.2) is 30.6 Å². The van der Waals surface area contributed by atoms with Crippen LogP contribution < -0.4 is 10.6 Å². The van der Waals surface area contributed by atoms with Crippen molar-refractivity contribution in [2.75, 3.05) is 17.2 Å². The van der Waals surface area contributed by atoms with Gasteiger partial charge in [0.1, 0.15) is 0 Å². The van der Waals surface area contributed by atoms with Crippen LogP contribution in [0.2, 0.25) is 0 Å². The maximum Gasteiger partial charge on any atom is 0.205 e. The van der Waals surface area contributed by atoms with Crippen LogP contribution in [0.1, 0.15) is 18.1 Å².